The van der Waals surface area contributed by atoms with E-state index in [2.05, 4.69) is 32.3 Å². The Bertz CT molecular complexity index is 972. The summed E-state index contributed by atoms with van der Waals surface area (Å²) in [5.41, 5.74) is 9.50. The number of hydrogen-bond acceptors (Lipinski definition) is 7. The molecular formula is C23H31N7O. The van der Waals surface area contributed by atoms with Crippen molar-refractivity contribution >= 4 is 5.82 Å². The maximum atomic E-state index is 6.25. The molecule has 1 unspecified atom stereocenters. The lowest BCUT2D eigenvalue weighted by atomic mass is 10.1. The van der Waals surface area contributed by atoms with Crippen molar-refractivity contribution in [2.24, 2.45) is 5.73 Å². The summed E-state index contributed by atoms with van der Waals surface area (Å²) in [5.74, 6) is 1.42. The van der Waals surface area contributed by atoms with E-state index >= 15 is 0 Å². The predicted octanol–water partition coefficient (Wildman–Crippen LogP) is 3.81. The number of aromatic amines is 1. The van der Waals surface area contributed by atoms with Gasteiger partial charge in [-0.15, -0.1) is 10.2 Å². The molecule has 1 saturated carbocycles. The van der Waals surface area contributed by atoms with Gasteiger partial charge in [0.1, 0.15) is 5.69 Å². The maximum absolute atomic E-state index is 6.25. The molecule has 8 heteroatoms. The Morgan fingerprint density at radius 3 is 2.61 bits per heavy atom. The topological polar surface area (TPSA) is 106 Å². The van der Waals surface area contributed by atoms with E-state index in [0.29, 0.717) is 17.6 Å². The molecule has 0 aliphatic heterocycles. The summed E-state index contributed by atoms with van der Waals surface area (Å²) in [6, 6.07) is 8.56. The zero-order valence-corrected chi connectivity index (χ0v) is 18.5. The lowest BCUT2D eigenvalue weighted by Gasteiger charge is -2.29. The highest BCUT2D eigenvalue weighted by Gasteiger charge is 2.22. The summed E-state index contributed by atoms with van der Waals surface area (Å²) in [4.78, 5) is 6.94. The summed E-state index contributed by atoms with van der Waals surface area (Å²) >= 11 is 0. The second-order valence-corrected chi connectivity index (χ2v) is 8.52. The molecule has 0 spiro atoms. The molecule has 1 aliphatic carbocycles. The van der Waals surface area contributed by atoms with Gasteiger partial charge in [0.15, 0.2) is 5.82 Å². The van der Waals surface area contributed by atoms with Crippen molar-refractivity contribution in [1.82, 2.24) is 25.4 Å². The molecule has 1 aliphatic rings. The van der Waals surface area contributed by atoms with Crippen LogP contribution in [0.2, 0.25) is 0 Å². The van der Waals surface area contributed by atoms with Crippen molar-refractivity contribution in [3.63, 3.8) is 0 Å². The van der Waals surface area contributed by atoms with Gasteiger partial charge in [-0.25, -0.2) is 4.98 Å². The van der Waals surface area contributed by atoms with Gasteiger partial charge in [-0.1, -0.05) is 12.8 Å². The molecule has 0 radical (unpaired) electrons. The molecule has 0 amide bonds. The Kier molecular flexibility index (Phi) is 6.46. The van der Waals surface area contributed by atoms with Crippen molar-refractivity contribution < 1.29 is 4.74 Å². The van der Waals surface area contributed by atoms with Gasteiger partial charge in [0.25, 0.3) is 0 Å². The number of anilines is 1. The number of H-pyrrole nitrogens is 1. The van der Waals surface area contributed by atoms with Crippen LogP contribution in [0, 0.1) is 0 Å². The van der Waals surface area contributed by atoms with Gasteiger partial charge in [-0.2, -0.15) is 5.10 Å². The van der Waals surface area contributed by atoms with Gasteiger partial charge in [-0.3, -0.25) is 5.10 Å². The van der Waals surface area contributed by atoms with Crippen LogP contribution < -0.4 is 15.4 Å². The third-order valence-corrected chi connectivity index (χ3v) is 5.78. The fourth-order valence-corrected chi connectivity index (χ4v) is 4.07. The number of ether oxygens (including phenoxy) is 1. The van der Waals surface area contributed by atoms with Crippen LogP contribution in [0.15, 0.2) is 36.7 Å². The average molecular weight is 422 g/mol. The monoisotopic (exact) mass is 421 g/mol. The highest BCUT2D eigenvalue weighted by Crippen LogP contribution is 2.31. The van der Waals surface area contributed by atoms with Crippen LogP contribution in [-0.2, 0) is 0 Å². The summed E-state index contributed by atoms with van der Waals surface area (Å²) in [6.45, 7) is 3.97. The molecule has 3 aromatic rings. The third kappa shape index (κ3) is 5.02. The normalized spacial score (nSPS) is 19.3. The molecule has 3 aromatic heterocycles. The zero-order chi connectivity index (χ0) is 21.8. The minimum atomic E-state index is 0.00135. The highest BCUT2D eigenvalue weighted by molar-refractivity contribution is 5.70. The van der Waals surface area contributed by atoms with E-state index in [4.69, 9.17) is 15.5 Å². The van der Waals surface area contributed by atoms with Crippen LogP contribution >= 0.6 is 0 Å². The summed E-state index contributed by atoms with van der Waals surface area (Å²) in [5, 5.41) is 15.8. The first kappa shape index (κ1) is 21.2. The Hall–Kier alpha value is -3.00. The van der Waals surface area contributed by atoms with Crippen molar-refractivity contribution in [3.05, 3.63) is 36.7 Å². The smallest absolute Gasteiger partial charge is 0.222 e. The molecule has 0 saturated heterocycles. The molecule has 1 fully saturated rings. The molecule has 0 bridgehead atoms. The Morgan fingerprint density at radius 2 is 1.90 bits per heavy atom. The maximum Gasteiger partial charge on any atom is 0.222 e. The summed E-state index contributed by atoms with van der Waals surface area (Å²) < 4.78 is 5.97. The predicted molar refractivity (Wildman–Crippen MR) is 122 cm³/mol. The molecule has 4 rings (SSSR count). The van der Waals surface area contributed by atoms with Crippen LogP contribution in [0.25, 0.3) is 22.5 Å². The Morgan fingerprint density at radius 1 is 1.10 bits per heavy atom. The number of nitrogens with one attached hydrogen (secondary N) is 1. The van der Waals surface area contributed by atoms with Crippen molar-refractivity contribution in [2.75, 3.05) is 11.9 Å². The lowest BCUT2D eigenvalue weighted by Crippen LogP contribution is -2.36. The van der Waals surface area contributed by atoms with Crippen molar-refractivity contribution in [2.45, 2.75) is 64.1 Å². The van der Waals surface area contributed by atoms with Crippen molar-refractivity contribution in [3.8, 4) is 28.4 Å². The van der Waals surface area contributed by atoms with E-state index in [0.717, 1.165) is 41.9 Å². The second-order valence-electron chi connectivity index (χ2n) is 8.52. The van der Waals surface area contributed by atoms with E-state index in [1.807, 2.05) is 44.3 Å². The molecule has 0 aromatic carbocycles. The number of aromatic nitrogens is 5. The number of nitrogens with zero attached hydrogens (tertiary/aromatic N) is 5. The first-order chi connectivity index (χ1) is 15.0. The van der Waals surface area contributed by atoms with Gasteiger partial charge in [0.05, 0.1) is 18.0 Å². The summed E-state index contributed by atoms with van der Waals surface area (Å²) in [7, 11) is 2.08. The minimum absolute atomic E-state index is 0.00135. The van der Waals surface area contributed by atoms with Gasteiger partial charge in [-0.05, 0) is 57.4 Å². The minimum Gasteiger partial charge on any atom is -0.474 e. The second kappa shape index (κ2) is 9.43. The molecule has 164 valence electrons. The van der Waals surface area contributed by atoms with Crippen LogP contribution in [0.1, 0.15) is 46.0 Å². The van der Waals surface area contributed by atoms with Gasteiger partial charge in [0.2, 0.25) is 5.88 Å². The first-order valence-corrected chi connectivity index (χ1v) is 11.0. The fourth-order valence-electron chi connectivity index (χ4n) is 4.07. The quantitative estimate of drug-likeness (QED) is 0.583. The molecule has 3 N–H and O–H groups in total. The van der Waals surface area contributed by atoms with Crippen LogP contribution in [0.3, 0.4) is 0 Å². The largest absolute Gasteiger partial charge is 0.474 e. The van der Waals surface area contributed by atoms with Crippen LogP contribution in [0.4, 0.5) is 5.82 Å². The average Bonchev–Trinajstić information content (AvgIpc) is 3.21. The Balaban J connectivity index is 1.57. The Labute approximate surface area is 183 Å². The number of hydrogen-bond donors (Lipinski definition) is 2. The lowest BCUT2D eigenvalue weighted by molar-refractivity contribution is 0.234. The fraction of sp³-hybridized carbons (Fsp3) is 0.478. The van der Waals surface area contributed by atoms with Gasteiger partial charge in [0, 0.05) is 36.5 Å². The number of pyridine rings is 1. The standard InChI is InChI=1S/C23H31N7O/c1-15(2)31-23-19(16-13-25-26-14-16)8-9-20(27-23)21-10-11-22(29-28-21)30(3)18-7-5-4-6-17(24)12-18/h8-11,13-15,17-18H,4-7,12,24H2,1-3H3,(H,25,26)/t17?,18-/m0/s1. The van der Waals surface area contributed by atoms with E-state index in [1.165, 1.54) is 12.8 Å². The number of rotatable bonds is 6. The van der Waals surface area contributed by atoms with E-state index < -0.39 is 0 Å². The highest BCUT2D eigenvalue weighted by atomic mass is 16.5. The molecule has 31 heavy (non-hydrogen) atoms. The van der Waals surface area contributed by atoms with E-state index in [1.54, 1.807) is 6.20 Å². The SMILES string of the molecule is CC(C)Oc1nc(-c2ccc(N(C)[C@H]3CCCCC(N)C3)nn2)ccc1-c1cn[nH]c1. The molecule has 2 atom stereocenters. The molecule has 8 nitrogen and oxygen atoms in total. The van der Waals surface area contributed by atoms with Crippen LogP contribution in [0.5, 0.6) is 5.88 Å². The van der Waals surface area contributed by atoms with E-state index in [-0.39, 0.29) is 12.1 Å². The first-order valence-electron chi connectivity index (χ1n) is 11.0. The van der Waals surface area contributed by atoms with Gasteiger partial charge >= 0.3 is 0 Å². The third-order valence-electron chi connectivity index (χ3n) is 5.78. The van der Waals surface area contributed by atoms with Crippen molar-refractivity contribution in [1.29, 1.82) is 0 Å². The summed E-state index contributed by atoms with van der Waals surface area (Å²) in [6.07, 6.45) is 9.24. The molecular weight excluding hydrogens is 390 g/mol. The molecule has 3 heterocycles. The van der Waals surface area contributed by atoms with Gasteiger partial charge < -0.3 is 15.4 Å². The van der Waals surface area contributed by atoms with E-state index in [9.17, 15) is 0 Å². The zero-order valence-electron chi connectivity index (χ0n) is 18.5. The number of nitrogens with two attached hydrogens (primary N) is 1. The van der Waals surface area contributed by atoms with Crippen LogP contribution in [-0.4, -0.2) is 50.6 Å².